The minimum Gasteiger partial charge on any atom is -0.311 e. The number of hydrogen-bond acceptors (Lipinski definition) is 1. The first-order valence-corrected chi connectivity index (χ1v) is 4.32. The maximum absolute atomic E-state index is 6.08. The molecule has 0 saturated carbocycles. The van der Waals surface area contributed by atoms with Gasteiger partial charge in [0.25, 0.3) is 0 Å². The van der Waals surface area contributed by atoms with Gasteiger partial charge in [0.15, 0.2) is 0 Å². The third-order valence-corrected chi connectivity index (χ3v) is 3.23. The topological polar surface area (TPSA) is 3.24 Å². The van der Waals surface area contributed by atoms with E-state index >= 15 is 0 Å². The van der Waals surface area contributed by atoms with Gasteiger partial charge < -0.3 is 4.90 Å². The molecule has 0 aromatic heterocycles. The normalized spacial score (nSPS) is 44.2. The van der Waals surface area contributed by atoms with Gasteiger partial charge in [-0.2, -0.15) is 0 Å². The van der Waals surface area contributed by atoms with Crippen LogP contribution in [0.5, 0.6) is 0 Å². The van der Waals surface area contributed by atoms with Crippen LogP contribution in [-0.4, -0.2) is 32.3 Å². The van der Waals surface area contributed by atoms with Crippen molar-refractivity contribution in [1.29, 1.82) is 0 Å². The SMILES string of the molecule is [B]C1N(C)CCCC12C=C2C. The zero-order valence-electron chi connectivity index (χ0n) is 7.30. The van der Waals surface area contributed by atoms with Gasteiger partial charge in [0.2, 0.25) is 0 Å². The van der Waals surface area contributed by atoms with Gasteiger partial charge in [0.1, 0.15) is 0 Å². The van der Waals surface area contributed by atoms with Crippen molar-refractivity contribution in [3.8, 4) is 0 Å². The fraction of sp³-hybridized carbons (Fsp3) is 0.778. The molecule has 11 heavy (non-hydrogen) atoms. The van der Waals surface area contributed by atoms with Crippen molar-refractivity contribution in [2.75, 3.05) is 13.6 Å². The van der Waals surface area contributed by atoms with Crippen LogP contribution >= 0.6 is 0 Å². The molecular formula is C9H14BN. The van der Waals surface area contributed by atoms with Crippen molar-refractivity contribution in [3.05, 3.63) is 11.6 Å². The summed E-state index contributed by atoms with van der Waals surface area (Å²) in [6.45, 7) is 3.35. The zero-order chi connectivity index (χ0) is 8.06. The molecule has 2 heteroatoms. The van der Waals surface area contributed by atoms with Crippen molar-refractivity contribution < 1.29 is 0 Å². The fourth-order valence-electron chi connectivity index (χ4n) is 2.24. The van der Waals surface area contributed by atoms with Crippen LogP contribution in [0, 0.1) is 5.41 Å². The molecule has 2 rings (SSSR count). The summed E-state index contributed by atoms with van der Waals surface area (Å²) in [5, 5.41) is 0. The Morgan fingerprint density at radius 2 is 2.36 bits per heavy atom. The van der Waals surface area contributed by atoms with Crippen LogP contribution in [0.15, 0.2) is 11.6 Å². The summed E-state index contributed by atoms with van der Waals surface area (Å²) >= 11 is 0. The number of likely N-dealkylation sites (tertiary alicyclic amines) is 1. The monoisotopic (exact) mass is 147 g/mol. The highest BCUT2D eigenvalue weighted by atomic mass is 15.1. The number of piperidine rings is 1. The van der Waals surface area contributed by atoms with E-state index in [1.165, 1.54) is 18.4 Å². The molecule has 1 aliphatic heterocycles. The van der Waals surface area contributed by atoms with E-state index in [9.17, 15) is 0 Å². The number of hydrogen-bond donors (Lipinski definition) is 0. The van der Waals surface area contributed by atoms with Crippen molar-refractivity contribution in [3.63, 3.8) is 0 Å². The zero-order valence-corrected chi connectivity index (χ0v) is 7.30. The van der Waals surface area contributed by atoms with Crippen molar-refractivity contribution in [1.82, 2.24) is 4.90 Å². The molecule has 1 spiro atoms. The standard InChI is InChI=1S/C9H14BN/c1-7-6-9(7)4-3-5-11(2)8(9)10/h6,8H,3-5H2,1-2H3. The van der Waals surface area contributed by atoms with E-state index < -0.39 is 0 Å². The fourth-order valence-corrected chi connectivity index (χ4v) is 2.24. The van der Waals surface area contributed by atoms with Crippen LogP contribution in [0.1, 0.15) is 19.8 Å². The summed E-state index contributed by atoms with van der Waals surface area (Å²) in [7, 11) is 8.20. The number of nitrogens with zero attached hydrogens (tertiary/aromatic N) is 1. The molecule has 0 aromatic rings. The Kier molecular flexibility index (Phi) is 1.44. The maximum Gasteiger partial charge on any atom is 0.0926 e. The van der Waals surface area contributed by atoms with Crippen LogP contribution in [0.25, 0.3) is 0 Å². The summed E-state index contributed by atoms with van der Waals surface area (Å²) in [5.74, 6) is 0.247. The van der Waals surface area contributed by atoms with Crippen molar-refractivity contribution in [2.24, 2.45) is 5.41 Å². The molecule has 0 aromatic carbocycles. The lowest BCUT2D eigenvalue weighted by Crippen LogP contribution is -2.45. The highest BCUT2D eigenvalue weighted by molar-refractivity contribution is 6.13. The second-order valence-corrected chi connectivity index (χ2v) is 3.90. The van der Waals surface area contributed by atoms with Crippen molar-refractivity contribution in [2.45, 2.75) is 25.7 Å². The van der Waals surface area contributed by atoms with Gasteiger partial charge >= 0.3 is 0 Å². The van der Waals surface area contributed by atoms with Crippen LogP contribution in [-0.2, 0) is 0 Å². The molecule has 1 fully saturated rings. The van der Waals surface area contributed by atoms with Crippen LogP contribution < -0.4 is 0 Å². The summed E-state index contributed by atoms with van der Waals surface area (Å²) in [6.07, 6.45) is 4.88. The molecule has 2 aliphatic rings. The molecule has 2 unspecified atom stereocenters. The predicted octanol–water partition coefficient (Wildman–Crippen LogP) is 1.15. The first-order chi connectivity index (χ1) is 5.17. The quantitative estimate of drug-likeness (QED) is 0.367. The molecule has 0 N–H and O–H groups in total. The first kappa shape index (κ1) is 7.42. The average Bonchev–Trinajstić information content (AvgIpc) is 2.59. The minimum atomic E-state index is 0.247. The van der Waals surface area contributed by atoms with Gasteiger partial charge in [-0.1, -0.05) is 11.6 Å². The Morgan fingerprint density at radius 1 is 1.73 bits per heavy atom. The van der Waals surface area contributed by atoms with E-state index in [0.717, 1.165) is 6.54 Å². The molecule has 1 saturated heterocycles. The van der Waals surface area contributed by atoms with E-state index in [2.05, 4.69) is 24.9 Å². The smallest absolute Gasteiger partial charge is 0.0926 e. The molecule has 2 radical (unpaired) electrons. The number of rotatable bonds is 0. The lowest BCUT2D eigenvalue weighted by Gasteiger charge is -2.39. The van der Waals surface area contributed by atoms with Crippen molar-refractivity contribution >= 4 is 7.85 Å². The molecule has 58 valence electrons. The Morgan fingerprint density at radius 3 is 2.82 bits per heavy atom. The van der Waals surface area contributed by atoms with E-state index in [1.54, 1.807) is 0 Å². The maximum atomic E-state index is 6.08. The summed E-state index contributed by atoms with van der Waals surface area (Å²) in [6, 6.07) is 0. The Bertz CT molecular complexity index is 212. The lowest BCUT2D eigenvalue weighted by atomic mass is 9.71. The minimum absolute atomic E-state index is 0.247. The van der Waals surface area contributed by atoms with Gasteiger partial charge in [-0.25, -0.2) is 0 Å². The Balaban J connectivity index is 2.11. The van der Waals surface area contributed by atoms with Gasteiger partial charge in [-0.3, -0.25) is 0 Å². The summed E-state index contributed by atoms with van der Waals surface area (Å²) < 4.78 is 0. The molecule has 1 nitrogen and oxygen atoms in total. The third-order valence-electron chi connectivity index (χ3n) is 3.23. The highest BCUT2D eigenvalue weighted by Crippen LogP contribution is 2.52. The molecule has 2 atom stereocenters. The predicted molar refractivity (Wildman–Crippen MR) is 47.6 cm³/mol. The molecular weight excluding hydrogens is 133 g/mol. The van der Waals surface area contributed by atoms with E-state index in [1.807, 2.05) is 0 Å². The molecule has 1 aliphatic carbocycles. The lowest BCUT2D eigenvalue weighted by molar-refractivity contribution is 0.175. The van der Waals surface area contributed by atoms with Gasteiger partial charge in [0.05, 0.1) is 7.85 Å². The summed E-state index contributed by atoms with van der Waals surface area (Å²) in [5.41, 5.74) is 1.81. The first-order valence-electron chi connectivity index (χ1n) is 4.32. The van der Waals surface area contributed by atoms with Crippen LogP contribution in [0.3, 0.4) is 0 Å². The third kappa shape index (κ3) is 0.887. The van der Waals surface area contributed by atoms with Gasteiger partial charge in [-0.05, 0) is 39.3 Å². The summed E-state index contributed by atoms with van der Waals surface area (Å²) in [4.78, 5) is 2.26. The van der Waals surface area contributed by atoms with Gasteiger partial charge in [-0.15, -0.1) is 0 Å². The van der Waals surface area contributed by atoms with E-state index in [-0.39, 0.29) is 5.94 Å². The second kappa shape index (κ2) is 2.13. The Hall–Kier alpha value is -0.235. The second-order valence-electron chi connectivity index (χ2n) is 3.90. The van der Waals surface area contributed by atoms with Gasteiger partial charge in [0, 0.05) is 5.41 Å². The molecule has 0 amide bonds. The van der Waals surface area contributed by atoms with E-state index in [0.29, 0.717) is 5.41 Å². The van der Waals surface area contributed by atoms with Crippen LogP contribution in [0.2, 0.25) is 0 Å². The molecule has 0 bridgehead atoms. The Labute approximate surface area is 69.9 Å². The van der Waals surface area contributed by atoms with E-state index in [4.69, 9.17) is 7.85 Å². The average molecular weight is 147 g/mol. The highest BCUT2D eigenvalue weighted by Gasteiger charge is 2.47. The van der Waals surface area contributed by atoms with Crippen LogP contribution in [0.4, 0.5) is 0 Å². The molecule has 1 heterocycles. The largest absolute Gasteiger partial charge is 0.311 e.